The first-order chi connectivity index (χ1) is 6.56. The zero-order valence-electron chi connectivity index (χ0n) is 8.58. The Balaban J connectivity index is 3.55. The van der Waals surface area contributed by atoms with Gasteiger partial charge in [-0.15, -0.1) is 0 Å². The molecule has 0 aliphatic carbocycles. The lowest BCUT2D eigenvalue weighted by molar-refractivity contribution is -0.137. The topological polar surface area (TPSA) is 75.6 Å². The highest BCUT2D eigenvalue weighted by Crippen LogP contribution is 1.90. The van der Waals surface area contributed by atoms with E-state index < -0.39 is 5.97 Å². The summed E-state index contributed by atoms with van der Waals surface area (Å²) in [5.41, 5.74) is 0. The molecule has 0 fully saturated rings. The monoisotopic (exact) mass is 203 g/mol. The van der Waals surface area contributed by atoms with Crippen LogP contribution >= 0.6 is 0 Å². The van der Waals surface area contributed by atoms with E-state index in [1.807, 2.05) is 6.92 Å². The Bertz CT molecular complexity index is 193. The van der Waals surface area contributed by atoms with E-state index in [2.05, 4.69) is 5.32 Å². The molecule has 0 aliphatic rings. The molecule has 14 heavy (non-hydrogen) atoms. The van der Waals surface area contributed by atoms with E-state index in [4.69, 9.17) is 9.84 Å². The average molecular weight is 203 g/mol. The van der Waals surface area contributed by atoms with Gasteiger partial charge in [-0.3, -0.25) is 9.59 Å². The normalized spacial score (nSPS) is 12.1. The van der Waals surface area contributed by atoms with E-state index in [0.29, 0.717) is 6.61 Å². The summed E-state index contributed by atoms with van der Waals surface area (Å²) in [6, 6.07) is -0.356. The van der Waals surface area contributed by atoms with Crippen LogP contribution in [-0.2, 0) is 14.3 Å². The Kier molecular flexibility index (Phi) is 6.74. The Morgan fingerprint density at radius 1 is 1.50 bits per heavy atom. The first kappa shape index (κ1) is 12.9. The van der Waals surface area contributed by atoms with Crippen LogP contribution < -0.4 is 5.32 Å². The summed E-state index contributed by atoms with van der Waals surface area (Å²) in [4.78, 5) is 21.3. The van der Waals surface area contributed by atoms with E-state index in [1.54, 1.807) is 6.92 Å². The molecule has 0 aromatic carbocycles. The van der Waals surface area contributed by atoms with Gasteiger partial charge in [0.15, 0.2) is 0 Å². The third-order valence-electron chi connectivity index (χ3n) is 1.47. The predicted octanol–water partition coefficient (Wildman–Crippen LogP) is 0.392. The molecule has 0 saturated carbocycles. The smallest absolute Gasteiger partial charge is 0.305 e. The average Bonchev–Trinajstić information content (AvgIpc) is 2.02. The van der Waals surface area contributed by atoms with Crippen LogP contribution in [0.2, 0.25) is 0 Å². The number of rotatable bonds is 7. The summed E-state index contributed by atoms with van der Waals surface area (Å²) < 4.78 is 4.99. The molecule has 0 saturated heterocycles. The molecule has 1 unspecified atom stereocenters. The lowest BCUT2D eigenvalue weighted by atomic mass is 10.2. The fourth-order valence-electron chi connectivity index (χ4n) is 0.939. The van der Waals surface area contributed by atoms with Crippen molar-refractivity contribution in [1.29, 1.82) is 0 Å². The fourth-order valence-corrected chi connectivity index (χ4v) is 0.939. The van der Waals surface area contributed by atoms with E-state index >= 15 is 0 Å². The first-order valence-electron chi connectivity index (χ1n) is 4.65. The lowest BCUT2D eigenvalue weighted by Crippen LogP contribution is -2.36. The molecule has 2 N–H and O–H groups in total. The van der Waals surface area contributed by atoms with Crippen molar-refractivity contribution in [2.24, 2.45) is 0 Å². The third-order valence-corrected chi connectivity index (χ3v) is 1.47. The van der Waals surface area contributed by atoms with Gasteiger partial charge >= 0.3 is 5.97 Å². The molecule has 5 nitrogen and oxygen atoms in total. The third kappa shape index (κ3) is 7.54. The van der Waals surface area contributed by atoms with Crippen molar-refractivity contribution in [1.82, 2.24) is 5.32 Å². The Labute approximate surface area is 83.4 Å². The standard InChI is InChI=1S/C9H17NO4/c1-3-4-14-6-8(11)10-7(2)5-9(12)13/h7H,3-6H2,1-2H3,(H,10,11)(H,12,13). The Morgan fingerprint density at radius 3 is 2.64 bits per heavy atom. The molecule has 0 radical (unpaired) electrons. The van der Waals surface area contributed by atoms with Crippen molar-refractivity contribution >= 4 is 11.9 Å². The molecular formula is C9H17NO4. The maximum absolute atomic E-state index is 11.1. The van der Waals surface area contributed by atoms with Crippen molar-refractivity contribution < 1.29 is 19.4 Å². The van der Waals surface area contributed by atoms with Crippen LogP contribution in [0, 0.1) is 0 Å². The van der Waals surface area contributed by atoms with Crippen LogP contribution in [0.5, 0.6) is 0 Å². The van der Waals surface area contributed by atoms with Crippen molar-refractivity contribution in [3.8, 4) is 0 Å². The van der Waals surface area contributed by atoms with Crippen LogP contribution in [-0.4, -0.2) is 36.2 Å². The van der Waals surface area contributed by atoms with Crippen LogP contribution in [0.15, 0.2) is 0 Å². The molecule has 0 bridgehead atoms. The van der Waals surface area contributed by atoms with E-state index in [0.717, 1.165) is 6.42 Å². The first-order valence-corrected chi connectivity index (χ1v) is 4.65. The summed E-state index contributed by atoms with van der Waals surface area (Å²) in [5, 5.41) is 11.0. The molecular weight excluding hydrogens is 186 g/mol. The number of hydrogen-bond acceptors (Lipinski definition) is 3. The Morgan fingerprint density at radius 2 is 2.14 bits per heavy atom. The number of carbonyl (C=O) groups is 2. The van der Waals surface area contributed by atoms with Gasteiger partial charge in [-0.05, 0) is 13.3 Å². The van der Waals surface area contributed by atoms with Crippen molar-refractivity contribution in [3.05, 3.63) is 0 Å². The maximum Gasteiger partial charge on any atom is 0.305 e. The summed E-state index contributed by atoms with van der Waals surface area (Å²) in [5.74, 6) is -1.19. The van der Waals surface area contributed by atoms with Gasteiger partial charge < -0.3 is 15.2 Å². The molecule has 0 aliphatic heterocycles. The second-order valence-corrected chi connectivity index (χ2v) is 3.12. The number of hydrogen-bond donors (Lipinski definition) is 2. The van der Waals surface area contributed by atoms with E-state index in [-0.39, 0.29) is 25.0 Å². The van der Waals surface area contributed by atoms with Gasteiger partial charge in [-0.2, -0.15) is 0 Å². The van der Waals surface area contributed by atoms with Crippen LogP contribution in [0.4, 0.5) is 0 Å². The number of aliphatic carboxylic acids is 1. The summed E-state index contributed by atoms with van der Waals surface area (Å²) >= 11 is 0. The van der Waals surface area contributed by atoms with Gasteiger partial charge in [0.25, 0.3) is 0 Å². The second-order valence-electron chi connectivity index (χ2n) is 3.12. The number of nitrogens with one attached hydrogen (secondary N) is 1. The molecule has 0 spiro atoms. The molecule has 82 valence electrons. The SMILES string of the molecule is CCCOCC(=O)NC(C)CC(=O)O. The van der Waals surface area contributed by atoms with Gasteiger partial charge in [-0.1, -0.05) is 6.92 Å². The summed E-state index contributed by atoms with van der Waals surface area (Å²) in [6.45, 7) is 4.13. The number of carboxylic acids is 1. The van der Waals surface area contributed by atoms with Gasteiger partial charge in [-0.25, -0.2) is 0 Å². The highest BCUT2D eigenvalue weighted by atomic mass is 16.5. The van der Waals surface area contributed by atoms with Crippen molar-refractivity contribution in [2.45, 2.75) is 32.7 Å². The zero-order chi connectivity index (χ0) is 11.0. The van der Waals surface area contributed by atoms with Crippen molar-refractivity contribution in [2.75, 3.05) is 13.2 Å². The largest absolute Gasteiger partial charge is 0.481 e. The number of carbonyl (C=O) groups excluding carboxylic acids is 1. The lowest BCUT2D eigenvalue weighted by Gasteiger charge is -2.11. The van der Waals surface area contributed by atoms with E-state index in [9.17, 15) is 9.59 Å². The highest BCUT2D eigenvalue weighted by molar-refractivity contribution is 5.78. The molecule has 0 aromatic heterocycles. The molecule has 0 rings (SSSR count). The van der Waals surface area contributed by atoms with Crippen LogP contribution in [0.1, 0.15) is 26.7 Å². The quantitative estimate of drug-likeness (QED) is 0.587. The Hall–Kier alpha value is -1.10. The molecule has 1 amide bonds. The van der Waals surface area contributed by atoms with Gasteiger partial charge in [0.2, 0.25) is 5.91 Å². The van der Waals surface area contributed by atoms with Crippen LogP contribution in [0.25, 0.3) is 0 Å². The van der Waals surface area contributed by atoms with Crippen molar-refractivity contribution in [3.63, 3.8) is 0 Å². The minimum atomic E-state index is -0.924. The second kappa shape index (κ2) is 7.32. The minimum absolute atomic E-state index is 0.00218. The number of ether oxygens (including phenoxy) is 1. The fraction of sp³-hybridized carbons (Fsp3) is 0.778. The molecule has 0 aromatic rings. The van der Waals surface area contributed by atoms with Gasteiger partial charge in [0, 0.05) is 12.6 Å². The highest BCUT2D eigenvalue weighted by Gasteiger charge is 2.10. The number of carboxylic acid groups (broad SMARTS) is 1. The minimum Gasteiger partial charge on any atom is -0.481 e. The van der Waals surface area contributed by atoms with Gasteiger partial charge in [0.1, 0.15) is 6.61 Å². The summed E-state index contributed by atoms with van der Waals surface area (Å²) in [6.07, 6.45) is 0.789. The predicted molar refractivity (Wildman–Crippen MR) is 51.0 cm³/mol. The molecule has 0 heterocycles. The molecule has 1 atom stereocenters. The maximum atomic E-state index is 11.1. The molecule has 5 heteroatoms. The van der Waals surface area contributed by atoms with E-state index in [1.165, 1.54) is 0 Å². The summed E-state index contributed by atoms with van der Waals surface area (Å²) in [7, 11) is 0. The zero-order valence-corrected chi connectivity index (χ0v) is 8.58. The number of amides is 1. The van der Waals surface area contributed by atoms with Gasteiger partial charge in [0.05, 0.1) is 6.42 Å². The van der Waals surface area contributed by atoms with Crippen LogP contribution in [0.3, 0.4) is 0 Å².